The molecule has 0 bridgehead atoms. The van der Waals surface area contributed by atoms with Gasteiger partial charge in [0.25, 0.3) is 5.91 Å². The van der Waals surface area contributed by atoms with Gasteiger partial charge in [0.1, 0.15) is 11.1 Å². The Morgan fingerprint density at radius 3 is 2.89 bits per heavy atom. The molecule has 1 saturated heterocycles. The minimum atomic E-state index is -1.12. The number of rotatable bonds is 3. The molecular weight excluding hydrogens is 272 g/mol. The average Bonchev–Trinajstić information content (AvgIpc) is 2.73. The lowest BCUT2D eigenvalue weighted by Crippen LogP contribution is -2.49. The highest BCUT2D eigenvalue weighted by atomic mass is 35.5. The molecule has 0 saturated carbocycles. The van der Waals surface area contributed by atoms with Crippen LogP contribution in [0, 0.1) is 5.41 Å². The SMILES string of the molecule is CC1(C(=O)O)COCC1NC(=O)c1ccc(Cl)cn1. The first-order valence-corrected chi connectivity index (χ1v) is 6.05. The number of ether oxygens (including phenoxy) is 1. The van der Waals surface area contributed by atoms with E-state index in [1.165, 1.54) is 12.3 Å². The minimum Gasteiger partial charge on any atom is -0.481 e. The Balaban J connectivity index is 2.10. The van der Waals surface area contributed by atoms with Crippen molar-refractivity contribution in [3.63, 3.8) is 0 Å². The fourth-order valence-corrected chi connectivity index (χ4v) is 1.94. The molecule has 1 fully saturated rings. The van der Waals surface area contributed by atoms with Crippen molar-refractivity contribution in [3.8, 4) is 0 Å². The Labute approximate surface area is 114 Å². The van der Waals surface area contributed by atoms with Crippen LogP contribution in [0.25, 0.3) is 0 Å². The summed E-state index contributed by atoms with van der Waals surface area (Å²) in [5.74, 6) is -1.45. The van der Waals surface area contributed by atoms with E-state index in [4.69, 9.17) is 16.3 Å². The number of hydrogen-bond acceptors (Lipinski definition) is 4. The smallest absolute Gasteiger partial charge is 0.313 e. The van der Waals surface area contributed by atoms with Crippen LogP contribution in [0.4, 0.5) is 0 Å². The quantitative estimate of drug-likeness (QED) is 0.863. The van der Waals surface area contributed by atoms with Crippen LogP contribution in [-0.2, 0) is 9.53 Å². The van der Waals surface area contributed by atoms with Crippen LogP contribution in [0.5, 0.6) is 0 Å². The van der Waals surface area contributed by atoms with Crippen molar-refractivity contribution in [2.75, 3.05) is 13.2 Å². The van der Waals surface area contributed by atoms with E-state index in [1.54, 1.807) is 13.0 Å². The fourth-order valence-electron chi connectivity index (χ4n) is 1.83. The lowest BCUT2D eigenvalue weighted by molar-refractivity contribution is -0.148. The zero-order chi connectivity index (χ0) is 14.0. The molecule has 102 valence electrons. The van der Waals surface area contributed by atoms with E-state index in [0.717, 1.165) is 0 Å². The van der Waals surface area contributed by atoms with E-state index in [9.17, 15) is 14.7 Å². The molecule has 1 aliphatic heterocycles. The molecule has 1 aromatic rings. The summed E-state index contributed by atoms with van der Waals surface area (Å²) in [6, 6.07) is 2.44. The van der Waals surface area contributed by atoms with Crippen molar-refractivity contribution in [1.29, 1.82) is 0 Å². The maximum absolute atomic E-state index is 12.0. The molecule has 7 heteroatoms. The van der Waals surface area contributed by atoms with Crippen LogP contribution in [0.1, 0.15) is 17.4 Å². The van der Waals surface area contributed by atoms with E-state index < -0.39 is 23.3 Å². The van der Waals surface area contributed by atoms with Gasteiger partial charge in [0, 0.05) is 6.20 Å². The lowest BCUT2D eigenvalue weighted by Gasteiger charge is -2.25. The van der Waals surface area contributed by atoms with Gasteiger partial charge in [0.05, 0.1) is 24.3 Å². The highest BCUT2D eigenvalue weighted by Gasteiger charge is 2.47. The predicted molar refractivity (Wildman–Crippen MR) is 67.1 cm³/mol. The van der Waals surface area contributed by atoms with Gasteiger partial charge in [0.2, 0.25) is 0 Å². The molecule has 0 spiro atoms. The van der Waals surface area contributed by atoms with Gasteiger partial charge in [-0.2, -0.15) is 0 Å². The first-order chi connectivity index (χ1) is 8.93. The largest absolute Gasteiger partial charge is 0.481 e. The number of halogens is 1. The number of carboxylic acids is 1. The second-order valence-electron chi connectivity index (χ2n) is 4.63. The molecule has 1 aromatic heterocycles. The molecule has 2 N–H and O–H groups in total. The number of nitrogens with one attached hydrogen (secondary N) is 1. The molecule has 2 heterocycles. The number of hydrogen-bond donors (Lipinski definition) is 2. The Morgan fingerprint density at radius 1 is 1.58 bits per heavy atom. The number of pyridine rings is 1. The predicted octanol–water partition coefficient (Wildman–Crippen LogP) is 0.954. The summed E-state index contributed by atoms with van der Waals surface area (Å²) >= 11 is 5.68. The number of carbonyl (C=O) groups excluding carboxylic acids is 1. The molecule has 2 rings (SSSR count). The molecule has 19 heavy (non-hydrogen) atoms. The third kappa shape index (κ3) is 2.69. The van der Waals surface area contributed by atoms with Gasteiger partial charge in [-0.25, -0.2) is 4.98 Å². The molecule has 1 amide bonds. The Hall–Kier alpha value is -1.66. The Morgan fingerprint density at radius 2 is 2.32 bits per heavy atom. The summed E-state index contributed by atoms with van der Waals surface area (Å²) in [6.45, 7) is 1.78. The number of aliphatic carboxylic acids is 1. The molecular formula is C12H13ClN2O4. The highest BCUT2D eigenvalue weighted by Crippen LogP contribution is 2.28. The van der Waals surface area contributed by atoms with E-state index in [2.05, 4.69) is 10.3 Å². The monoisotopic (exact) mass is 284 g/mol. The van der Waals surface area contributed by atoms with Gasteiger partial charge in [-0.15, -0.1) is 0 Å². The molecule has 2 atom stereocenters. The van der Waals surface area contributed by atoms with Crippen molar-refractivity contribution in [1.82, 2.24) is 10.3 Å². The molecule has 6 nitrogen and oxygen atoms in total. The van der Waals surface area contributed by atoms with Crippen LogP contribution in [0.15, 0.2) is 18.3 Å². The number of carboxylic acid groups (broad SMARTS) is 1. The van der Waals surface area contributed by atoms with Gasteiger partial charge in [-0.05, 0) is 19.1 Å². The van der Waals surface area contributed by atoms with Crippen LogP contribution in [-0.4, -0.2) is 41.2 Å². The number of carbonyl (C=O) groups is 2. The fraction of sp³-hybridized carbons (Fsp3) is 0.417. The Kier molecular flexibility index (Phi) is 3.73. The highest BCUT2D eigenvalue weighted by molar-refractivity contribution is 6.30. The van der Waals surface area contributed by atoms with Crippen molar-refractivity contribution in [2.45, 2.75) is 13.0 Å². The zero-order valence-corrected chi connectivity index (χ0v) is 11.0. The Bertz CT molecular complexity index is 505. The van der Waals surface area contributed by atoms with Gasteiger partial charge >= 0.3 is 5.97 Å². The van der Waals surface area contributed by atoms with Crippen molar-refractivity contribution < 1.29 is 19.4 Å². The van der Waals surface area contributed by atoms with Crippen LogP contribution in [0.3, 0.4) is 0 Å². The third-order valence-electron chi connectivity index (χ3n) is 3.21. The van der Waals surface area contributed by atoms with E-state index >= 15 is 0 Å². The molecule has 0 aliphatic carbocycles. The van der Waals surface area contributed by atoms with E-state index in [-0.39, 0.29) is 18.9 Å². The summed E-state index contributed by atoms with van der Waals surface area (Å²) < 4.78 is 5.15. The second-order valence-corrected chi connectivity index (χ2v) is 5.06. The number of nitrogens with zero attached hydrogens (tertiary/aromatic N) is 1. The van der Waals surface area contributed by atoms with Crippen molar-refractivity contribution in [2.24, 2.45) is 5.41 Å². The van der Waals surface area contributed by atoms with E-state index in [1.807, 2.05) is 0 Å². The summed E-state index contributed by atoms with van der Waals surface area (Å²) in [6.07, 6.45) is 1.36. The molecule has 0 aromatic carbocycles. The molecule has 1 aliphatic rings. The van der Waals surface area contributed by atoms with Gasteiger partial charge in [-0.1, -0.05) is 11.6 Å². The lowest BCUT2D eigenvalue weighted by atomic mass is 9.85. The standard InChI is InChI=1S/C12H13ClN2O4/c1-12(11(17)18)6-19-5-9(12)15-10(16)8-3-2-7(13)4-14-8/h2-4,9H,5-6H2,1H3,(H,15,16)(H,17,18). The van der Waals surface area contributed by atoms with Crippen molar-refractivity contribution >= 4 is 23.5 Å². The van der Waals surface area contributed by atoms with Crippen LogP contribution >= 0.6 is 11.6 Å². The summed E-state index contributed by atoms with van der Waals surface area (Å²) in [5, 5.41) is 12.3. The van der Waals surface area contributed by atoms with Gasteiger partial charge in [0.15, 0.2) is 0 Å². The third-order valence-corrected chi connectivity index (χ3v) is 3.43. The van der Waals surface area contributed by atoms with Crippen molar-refractivity contribution in [3.05, 3.63) is 29.0 Å². The summed E-state index contributed by atoms with van der Waals surface area (Å²) in [7, 11) is 0. The minimum absolute atomic E-state index is 0.0708. The first-order valence-electron chi connectivity index (χ1n) is 5.67. The average molecular weight is 285 g/mol. The number of amides is 1. The number of aromatic nitrogens is 1. The topological polar surface area (TPSA) is 88.5 Å². The maximum Gasteiger partial charge on any atom is 0.313 e. The molecule has 2 unspecified atom stereocenters. The normalized spacial score (nSPS) is 26.1. The zero-order valence-electron chi connectivity index (χ0n) is 10.2. The second kappa shape index (κ2) is 5.14. The summed E-state index contributed by atoms with van der Waals surface area (Å²) in [4.78, 5) is 27.1. The van der Waals surface area contributed by atoms with E-state index in [0.29, 0.717) is 5.02 Å². The first kappa shape index (κ1) is 13.8. The van der Waals surface area contributed by atoms with Gasteiger partial charge in [-0.3, -0.25) is 9.59 Å². The van der Waals surface area contributed by atoms with Crippen LogP contribution < -0.4 is 5.32 Å². The molecule has 0 radical (unpaired) electrons. The van der Waals surface area contributed by atoms with Crippen LogP contribution in [0.2, 0.25) is 5.02 Å². The van der Waals surface area contributed by atoms with Gasteiger partial charge < -0.3 is 15.2 Å². The summed E-state index contributed by atoms with van der Waals surface area (Å²) in [5.41, 5.74) is -0.939. The maximum atomic E-state index is 12.0.